The van der Waals surface area contributed by atoms with E-state index in [2.05, 4.69) is 4.98 Å². The Hall–Kier alpha value is -2.14. The predicted octanol–water partition coefficient (Wildman–Crippen LogP) is 1.08. The third-order valence-electron chi connectivity index (χ3n) is 4.67. The van der Waals surface area contributed by atoms with Crippen LogP contribution in [0.5, 0.6) is 0 Å². The van der Waals surface area contributed by atoms with E-state index in [1.54, 1.807) is 12.5 Å². The van der Waals surface area contributed by atoms with Crippen LogP contribution in [-0.4, -0.2) is 26.7 Å². The average Bonchev–Trinajstić information content (AvgIpc) is 3.03. The second-order valence-electron chi connectivity index (χ2n) is 5.68. The Balaban J connectivity index is 1.85. The number of imidazole rings is 1. The number of carbonyl (C=O) groups is 1. The molecule has 1 aromatic heterocycles. The lowest BCUT2D eigenvalue weighted by Gasteiger charge is -2.27. The molecule has 2 aliphatic rings. The van der Waals surface area contributed by atoms with Gasteiger partial charge in [-0.25, -0.2) is 4.98 Å². The number of amides is 1. The van der Waals surface area contributed by atoms with Gasteiger partial charge in [0.15, 0.2) is 0 Å². The minimum absolute atomic E-state index is 0.279. The van der Waals surface area contributed by atoms with Crippen LogP contribution in [0.1, 0.15) is 24.4 Å². The maximum absolute atomic E-state index is 11.7. The first-order valence-electron chi connectivity index (χ1n) is 6.74. The highest BCUT2D eigenvalue weighted by Crippen LogP contribution is 2.54. The lowest BCUT2D eigenvalue weighted by Crippen LogP contribution is -2.40. The van der Waals surface area contributed by atoms with Crippen molar-refractivity contribution in [1.29, 1.82) is 0 Å². The van der Waals surface area contributed by atoms with Gasteiger partial charge in [-0.2, -0.15) is 0 Å². The van der Waals surface area contributed by atoms with Crippen LogP contribution in [0, 0.1) is 5.41 Å². The van der Waals surface area contributed by atoms with Gasteiger partial charge in [-0.1, -0.05) is 24.3 Å². The van der Waals surface area contributed by atoms with Gasteiger partial charge in [-0.05, 0) is 18.4 Å². The molecule has 20 heavy (non-hydrogen) atoms. The van der Waals surface area contributed by atoms with E-state index in [9.17, 15) is 9.90 Å². The molecule has 1 amide bonds. The molecule has 102 valence electrons. The minimum atomic E-state index is -0.809. The van der Waals surface area contributed by atoms with Crippen LogP contribution >= 0.6 is 0 Å². The number of nitrogens with zero attached hydrogens (tertiary/aromatic N) is 2. The van der Waals surface area contributed by atoms with E-state index in [1.807, 2.05) is 28.8 Å². The molecule has 0 bridgehead atoms. The summed E-state index contributed by atoms with van der Waals surface area (Å²) in [7, 11) is 0. The van der Waals surface area contributed by atoms with Gasteiger partial charge >= 0.3 is 0 Å². The summed E-state index contributed by atoms with van der Waals surface area (Å²) in [5.41, 5.74) is 7.79. The summed E-state index contributed by atoms with van der Waals surface area (Å²) in [5.74, 6) is -0.406. The zero-order valence-electron chi connectivity index (χ0n) is 10.9. The van der Waals surface area contributed by atoms with E-state index in [-0.39, 0.29) is 6.04 Å². The molecule has 1 saturated carbocycles. The molecule has 1 aliphatic heterocycles. The molecule has 2 aromatic rings. The van der Waals surface area contributed by atoms with E-state index in [0.717, 1.165) is 16.8 Å². The molecule has 5 heteroatoms. The summed E-state index contributed by atoms with van der Waals surface area (Å²) in [6.45, 7) is 0. The van der Waals surface area contributed by atoms with Gasteiger partial charge in [-0.15, -0.1) is 0 Å². The summed E-state index contributed by atoms with van der Waals surface area (Å²) in [6, 6.07) is 7.64. The van der Waals surface area contributed by atoms with E-state index in [4.69, 9.17) is 5.73 Å². The molecule has 0 saturated heterocycles. The maximum atomic E-state index is 11.7. The smallest absolute Gasteiger partial charge is 0.226 e. The molecule has 1 aliphatic carbocycles. The fourth-order valence-corrected chi connectivity index (χ4v) is 3.32. The van der Waals surface area contributed by atoms with E-state index < -0.39 is 17.4 Å². The summed E-state index contributed by atoms with van der Waals surface area (Å²) < 4.78 is 1.94. The number of hydrogen-bond donors (Lipinski definition) is 2. The highest BCUT2D eigenvalue weighted by molar-refractivity contribution is 5.85. The number of primary amides is 1. The van der Waals surface area contributed by atoms with Crippen LogP contribution in [-0.2, 0) is 4.79 Å². The quantitative estimate of drug-likeness (QED) is 0.874. The number of aliphatic hydroxyl groups excluding tert-OH is 1. The van der Waals surface area contributed by atoms with Gasteiger partial charge in [0.1, 0.15) is 0 Å². The molecule has 0 radical (unpaired) electrons. The number of benzene rings is 1. The largest absolute Gasteiger partial charge is 0.389 e. The van der Waals surface area contributed by atoms with E-state index in [0.29, 0.717) is 12.8 Å². The lowest BCUT2D eigenvalue weighted by atomic mass is 9.88. The Kier molecular flexibility index (Phi) is 2.16. The highest BCUT2D eigenvalue weighted by Gasteiger charge is 2.58. The minimum Gasteiger partial charge on any atom is -0.389 e. The van der Waals surface area contributed by atoms with E-state index >= 15 is 0 Å². The van der Waals surface area contributed by atoms with Crippen molar-refractivity contribution < 1.29 is 9.90 Å². The Labute approximate surface area is 116 Å². The molecular formula is C15H15N3O2. The number of aliphatic hydroxyl groups is 1. The molecular weight excluding hydrogens is 254 g/mol. The molecule has 4 rings (SSSR count). The number of rotatable bonds is 3. The maximum Gasteiger partial charge on any atom is 0.226 e. The van der Waals surface area contributed by atoms with Crippen LogP contribution in [0.3, 0.4) is 0 Å². The molecule has 5 nitrogen and oxygen atoms in total. The second kappa shape index (κ2) is 3.70. The highest BCUT2D eigenvalue weighted by atomic mass is 16.3. The van der Waals surface area contributed by atoms with Crippen LogP contribution in [0.15, 0.2) is 36.8 Å². The van der Waals surface area contributed by atoms with Gasteiger partial charge < -0.3 is 15.4 Å². The van der Waals surface area contributed by atoms with Crippen LogP contribution in [0.25, 0.3) is 11.3 Å². The Morgan fingerprint density at radius 2 is 2.20 bits per heavy atom. The number of aromatic nitrogens is 2. The molecule has 2 heterocycles. The van der Waals surface area contributed by atoms with Gasteiger partial charge in [0, 0.05) is 5.56 Å². The Bertz CT molecular complexity index is 703. The summed E-state index contributed by atoms with van der Waals surface area (Å²) >= 11 is 0. The Morgan fingerprint density at radius 3 is 2.90 bits per heavy atom. The van der Waals surface area contributed by atoms with Gasteiger partial charge in [-0.3, -0.25) is 4.79 Å². The monoisotopic (exact) mass is 269 g/mol. The fourth-order valence-electron chi connectivity index (χ4n) is 3.32. The van der Waals surface area contributed by atoms with Crippen molar-refractivity contribution in [2.24, 2.45) is 11.1 Å². The molecule has 0 spiro atoms. The average molecular weight is 269 g/mol. The first-order valence-corrected chi connectivity index (χ1v) is 6.74. The molecule has 1 unspecified atom stereocenters. The van der Waals surface area contributed by atoms with Crippen molar-refractivity contribution in [3.63, 3.8) is 0 Å². The molecule has 2 atom stereocenters. The fraction of sp³-hybridized carbons (Fsp3) is 0.333. The van der Waals surface area contributed by atoms with Crippen molar-refractivity contribution >= 4 is 5.91 Å². The first kappa shape index (κ1) is 11.7. The number of fused-ring (bicyclic) bond motifs is 3. The third-order valence-corrected chi connectivity index (χ3v) is 4.67. The molecule has 3 N–H and O–H groups in total. The third kappa shape index (κ3) is 1.30. The summed E-state index contributed by atoms with van der Waals surface area (Å²) in [6.07, 6.45) is 4.00. The number of carbonyl (C=O) groups excluding carboxylic acids is 1. The Morgan fingerprint density at radius 1 is 1.45 bits per heavy atom. The van der Waals surface area contributed by atoms with Crippen LogP contribution in [0.2, 0.25) is 0 Å². The topological polar surface area (TPSA) is 81.1 Å². The van der Waals surface area contributed by atoms with Crippen molar-refractivity contribution in [2.45, 2.75) is 25.0 Å². The summed E-state index contributed by atoms with van der Waals surface area (Å²) in [4.78, 5) is 15.8. The molecule has 1 fully saturated rings. The lowest BCUT2D eigenvalue weighted by molar-refractivity contribution is -0.128. The van der Waals surface area contributed by atoms with Crippen LogP contribution < -0.4 is 5.73 Å². The second-order valence-corrected chi connectivity index (χ2v) is 5.68. The van der Waals surface area contributed by atoms with E-state index in [1.165, 1.54) is 0 Å². The molecule has 1 aromatic carbocycles. The summed E-state index contributed by atoms with van der Waals surface area (Å²) in [5, 5.41) is 10.8. The number of nitrogens with two attached hydrogens (primary N) is 1. The van der Waals surface area contributed by atoms with Crippen LogP contribution in [0.4, 0.5) is 0 Å². The number of hydrogen-bond acceptors (Lipinski definition) is 3. The SMILES string of the molecule is NC(=O)C1(C(O)[C@H]2c3ccccc3-c3cncn32)CC1. The van der Waals surface area contributed by atoms with Gasteiger partial charge in [0.2, 0.25) is 5.91 Å². The standard InChI is InChI=1S/C15H15N3O2/c16-14(20)15(5-6-15)13(19)12-10-4-2-1-3-9(10)11-7-17-8-18(11)12/h1-4,7-8,12-13,19H,5-6H2,(H2,16,20)/t12-,13?/m1/s1. The van der Waals surface area contributed by atoms with Crippen molar-refractivity contribution in [3.05, 3.63) is 42.4 Å². The first-order chi connectivity index (χ1) is 9.65. The predicted molar refractivity (Wildman–Crippen MR) is 72.7 cm³/mol. The van der Waals surface area contributed by atoms with Gasteiger partial charge in [0.05, 0.1) is 35.8 Å². The van der Waals surface area contributed by atoms with Crippen molar-refractivity contribution in [2.75, 3.05) is 0 Å². The van der Waals surface area contributed by atoms with Crippen molar-refractivity contribution in [3.8, 4) is 11.3 Å². The normalized spacial score (nSPS) is 22.9. The zero-order chi connectivity index (χ0) is 13.9. The van der Waals surface area contributed by atoms with Crippen molar-refractivity contribution in [1.82, 2.24) is 9.55 Å². The zero-order valence-corrected chi connectivity index (χ0v) is 10.9. The van der Waals surface area contributed by atoms with Gasteiger partial charge in [0.25, 0.3) is 0 Å².